The Bertz CT molecular complexity index is 311. The average molecular weight is 246 g/mol. The number of hydrogen-bond acceptors (Lipinski definition) is 4. The van der Waals surface area contributed by atoms with Crippen LogP contribution in [-0.4, -0.2) is 23.0 Å². The number of rotatable bonds is 4. The van der Waals surface area contributed by atoms with Gasteiger partial charge in [0.25, 0.3) is 0 Å². The maximum Gasteiger partial charge on any atom is 0.148 e. The number of nitrogens with zero attached hydrogens (tertiary/aromatic N) is 2. The van der Waals surface area contributed by atoms with Crippen LogP contribution in [0.15, 0.2) is 17.2 Å². The fraction of sp³-hybridized carbons (Fsp3) is 0.600. The van der Waals surface area contributed by atoms with Crippen LogP contribution in [0.3, 0.4) is 0 Å². The minimum Gasteiger partial charge on any atom is -0.368 e. The monoisotopic (exact) mass is 245 g/mol. The van der Waals surface area contributed by atoms with E-state index in [1.807, 2.05) is 18.4 Å². The van der Waals surface area contributed by atoms with E-state index < -0.39 is 0 Å². The third-order valence-electron chi connectivity index (χ3n) is 2.65. The second kappa shape index (κ2) is 5.03. The summed E-state index contributed by atoms with van der Waals surface area (Å²) in [6.45, 7) is 3.31. The van der Waals surface area contributed by atoms with E-state index in [-0.39, 0.29) is 12.4 Å². The highest BCUT2D eigenvalue weighted by Crippen LogP contribution is 2.44. The predicted molar refractivity (Wildman–Crippen MR) is 66.9 cm³/mol. The Morgan fingerprint density at radius 1 is 1.40 bits per heavy atom. The van der Waals surface area contributed by atoms with E-state index in [9.17, 15) is 0 Å². The van der Waals surface area contributed by atoms with Gasteiger partial charge >= 0.3 is 0 Å². The number of nitrogens with one attached hydrogen (secondary N) is 1. The quantitative estimate of drug-likeness (QED) is 0.828. The molecule has 0 saturated heterocycles. The van der Waals surface area contributed by atoms with E-state index in [0.29, 0.717) is 5.41 Å². The lowest BCUT2D eigenvalue weighted by atomic mass is 10.1. The zero-order chi connectivity index (χ0) is 10.0. The third kappa shape index (κ3) is 3.54. The first kappa shape index (κ1) is 12.6. The molecule has 2 rings (SSSR count). The molecule has 3 nitrogen and oxygen atoms in total. The van der Waals surface area contributed by atoms with Gasteiger partial charge < -0.3 is 5.32 Å². The molecule has 0 aliphatic heterocycles. The summed E-state index contributed by atoms with van der Waals surface area (Å²) in [5.41, 5.74) is 0.514. The van der Waals surface area contributed by atoms with Crippen LogP contribution in [0.1, 0.15) is 19.8 Å². The second-order valence-electron chi connectivity index (χ2n) is 4.13. The summed E-state index contributed by atoms with van der Waals surface area (Å²) in [4.78, 5) is 0. The van der Waals surface area contributed by atoms with Crippen molar-refractivity contribution in [2.75, 3.05) is 18.1 Å². The first-order valence-electron chi connectivity index (χ1n) is 4.83. The number of hydrogen-bond donors (Lipinski definition) is 1. The lowest BCUT2D eigenvalue weighted by Crippen LogP contribution is -2.12. The molecular weight excluding hydrogens is 230 g/mol. The molecule has 5 heteroatoms. The highest BCUT2D eigenvalue weighted by Gasteiger charge is 2.36. The van der Waals surface area contributed by atoms with Gasteiger partial charge in [-0.3, -0.25) is 0 Å². The summed E-state index contributed by atoms with van der Waals surface area (Å²) in [6.07, 6.45) is 4.66. The van der Waals surface area contributed by atoms with Crippen molar-refractivity contribution in [1.29, 1.82) is 0 Å². The zero-order valence-corrected chi connectivity index (χ0v) is 10.6. The number of aromatic nitrogens is 2. The first-order valence-corrected chi connectivity index (χ1v) is 6.06. The average Bonchev–Trinajstić information content (AvgIpc) is 2.95. The van der Waals surface area contributed by atoms with E-state index in [1.54, 1.807) is 11.8 Å². The molecule has 1 fully saturated rings. The first-order chi connectivity index (χ1) is 6.72. The fourth-order valence-electron chi connectivity index (χ4n) is 1.22. The Morgan fingerprint density at radius 2 is 2.13 bits per heavy atom. The SMILES string of the molecule is CSc1ccc(NCC2(C)CC2)nn1.Cl. The van der Waals surface area contributed by atoms with Crippen LogP contribution in [0.25, 0.3) is 0 Å². The molecule has 1 saturated carbocycles. The standard InChI is InChI=1S/C10H15N3S.ClH/c1-10(5-6-10)7-11-8-3-4-9(14-2)13-12-8;/h3-4H,5-7H2,1-2H3,(H,11,12);1H. The largest absolute Gasteiger partial charge is 0.368 e. The van der Waals surface area contributed by atoms with Gasteiger partial charge in [0, 0.05) is 6.54 Å². The molecule has 0 unspecified atom stereocenters. The summed E-state index contributed by atoms with van der Waals surface area (Å²) in [5, 5.41) is 12.4. The van der Waals surface area contributed by atoms with Gasteiger partial charge in [0.05, 0.1) is 0 Å². The summed E-state index contributed by atoms with van der Waals surface area (Å²) >= 11 is 1.61. The Morgan fingerprint density at radius 3 is 2.60 bits per heavy atom. The molecular formula is C10H16ClN3S. The van der Waals surface area contributed by atoms with E-state index in [0.717, 1.165) is 17.4 Å². The normalized spacial score (nSPS) is 16.7. The van der Waals surface area contributed by atoms with Crippen molar-refractivity contribution in [3.63, 3.8) is 0 Å². The van der Waals surface area contributed by atoms with Crippen LogP contribution >= 0.6 is 24.2 Å². The highest BCUT2D eigenvalue weighted by molar-refractivity contribution is 7.98. The molecule has 1 aromatic heterocycles. The predicted octanol–water partition coefficient (Wildman–Crippen LogP) is 2.83. The van der Waals surface area contributed by atoms with Crippen molar-refractivity contribution in [2.45, 2.75) is 24.8 Å². The minimum atomic E-state index is 0. The molecule has 1 N–H and O–H groups in total. The van der Waals surface area contributed by atoms with Gasteiger partial charge in [0.2, 0.25) is 0 Å². The lowest BCUT2D eigenvalue weighted by Gasteiger charge is -2.09. The molecule has 0 radical (unpaired) electrons. The summed E-state index contributed by atoms with van der Waals surface area (Å²) in [5.74, 6) is 0.885. The lowest BCUT2D eigenvalue weighted by molar-refractivity contribution is 0.608. The van der Waals surface area contributed by atoms with E-state index in [4.69, 9.17) is 0 Å². The molecule has 0 aromatic carbocycles. The minimum absolute atomic E-state index is 0. The van der Waals surface area contributed by atoms with Crippen molar-refractivity contribution in [3.05, 3.63) is 12.1 Å². The van der Waals surface area contributed by atoms with Gasteiger partial charge in [-0.05, 0) is 36.6 Å². The molecule has 1 aliphatic carbocycles. The van der Waals surface area contributed by atoms with E-state index in [1.165, 1.54) is 12.8 Å². The summed E-state index contributed by atoms with van der Waals surface area (Å²) < 4.78 is 0. The smallest absolute Gasteiger partial charge is 0.148 e. The fourth-order valence-corrected chi connectivity index (χ4v) is 1.54. The molecule has 1 aromatic rings. The molecule has 0 spiro atoms. The maximum atomic E-state index is 4.10. The molecule has 1 aliphatic rings. The zero-order valence-electron chi connectivity index (χ0n) is 8.99. The van der Waals surface area contributed by atoms with Crippen molar-refractivity contribution < 1.29 is 0 Å². The van der Waals surface area contributed by atoms with Gasteiger partial charge in [0.15, 0.2) is 0 Å². The third-order valence-corrected chi connectivity index (χ3v) is 3.29. The van der Waals surface area contributed by atoms with Gasteiger partial charge in [-0.2, -0.15) is 0 Å². The maximum absolute atomic E-state index is 4.10. The van der Waals surface area contributed by atoms with Crippen molar-refractivity contribution in [1.82, 2.24) is 10.2 Å². The Balaban J connectivity index is 0.00000112. The summed E-state index contributed by atoms with van der Waals surface area (Å²) in [7, 11) is 0. The van der Waals surface area contributed by atoms with Crippen LogP contribution in [0.2, 0.25) is 0 Å². The second-order valence-corrected chi connectivity index (χ2v) is 4.95. The van der Waals surface area contributed by atoms with Crippen molar-refractivity contribution in [2.24, 2.45) is 5.41 Å². The van der Waals surface area contributed by atoms with Crippen LogP contribution in [0, 0.1) is 5.41 Å². The molecule has 0 amide bonds. The van der Waals surface area contributed by atoms with E-state index >= 15 is 0 Å². The summed E-state index contributed by atoms with van der Waals surface area (Å²) in [6, 6.07) is 3.99. The number of anilines is 1. The molecule has 1 heterocycles. The van der Waals surface area contributed by atoms with Gasteiger partial charge in [0.1, 0.15) is 10.8 Å². The number of thioether (sulfide) groups is 1. The van der Waals surface area contributed by atoms with Crippen LogP contribution in [-0.2, 0) is 0 Å². The molecule has 0 bridgehead atoms. The Labute approximate surface area is 101 Å². The molecule has 15 heavy (non-hydrogen) atoms. The Hall–Kier alpha value is -0.480. The van der Waals surface area contributed by atoms with E-state index in [2.05, 4.69) is 22.4 Å². The molecule has 84 valence electrons. The van der Waals surface area contributed by atoms with Crippen LogP contribution < -0.4 is 5.32 Å². The topological polar surface area (TPSA) is 37.8 Å². The van der Waals surface area contributed by atoms with Crippen molar-refractivity contribution in [3.8, 4) is 0 Å². The molecule has 0 atom stereocenters. The van der Waals surface area contributed by atoms with Crippen molar-refractivity contribution >= 4 is 30.0 Å². The Kier molecular flexibility index (Phi) is 4.22. The van der Waals surface area contributed by atoms with Crippen LogP contribution in [0.5, 0.6) is 0 Å². The highest BCUT2D eigenvalue weighted by atomic mass is 35.5. The van der Waals surface area contributed by atoms with Gasteiger partial charge in [-0.15, -0.1) is 34.4 Å². The number of halogens is 1. The van der Waals surface area contributed by atoms with Gasteiger partial charge in [-0.1, -0.05) is 6.92 Å². The van der Waals surface area contributed by atoms with Crippen LogP contribution in [0.4, 0.5) is 5.82 Å². The van der Waals surface area contributed by atoms with Gasteiger partial charge in [-0.25, -0.2) is 0 Å².